The molecule has 0 radical (unpaired) electrons. The summed E-state index contributed by atoms with van der Waals surface area (Å²) >= 11 is 0. The Kier molecular flexibility index (Phi) is 13.5. The molecule has 2 N–H and O–H groups in total. The van der Waals surface area contributed by atoms with Crippen molar-refractivity contribution in [2.24, 2.45) is 22.0 Å². The fourth-order valence-corrected chi connectivity index (χ4v) is 4.21. The minimum Gasteiger partial charge on any atom is -0.493 e. The molecular weight excluding hydrogens is 586 g/mol. The van der Waals surface area contributed by atoms with E-state index in [9.17, 15) is 9.59 Å². The maximum Gasteiger partial charge on any atom is 0.273 e. The maximum absolute atomic E-state index is 13.0. The van der Waals surface area contributed by atoms with Crippen LogP contribution in [0.25, 0.3) is 0 Å². The van der Waals surface area contributed by atoms with Crippen molar-refractivity contribution in [1.82, 2.24) is 15.8 Å². The molecule has 0 aliphatic carbocycles. The summed E-state index contributed by atoms with van der Waals surface area (Å²) in [4.78, 5) is 30.4. The van der Waals surface area contributed by atoms with Gasteiger partial charge < -0.3 is 18.9 Å². The molecule has 0 saturated carbocycles. The van der Waals surface area contributed by atoms with E-state index in [4.69, 9.17) is 18.9 Å². The fourth-order valence-electron chi connectivity index (χ4n) is 4.21. The van der Waals surface area contributed by atoms with Gasteiger partial charge in [0.1, 0.15) is 0 Å². The molecule has 0 spiro atoms. The highest BCUT2D eigenvalue weighted by molar-refractivity contribution is 6.01. The Morgan fingerprint density at radius 3 is 1.48 bits per heavy atom. The second-order valence-electron chi connectivity index (χ2n) is 11.5. The average Bonchev–Trinajstić information content (AvgIpc) is 3.01. The van der Waals surface area contributed by atoms with Gasteiger partial charge in [-0.2, -0.15) is 10.2 Å². The SMILES string of the molecule is COc1cc(/C=N/NC(=O)c2cc(C(=O)N/N=C/c3ccc(OCCC(C)C)c(OC)c3)c(C)nc2C)ccc1OCCC(C)C. The van der Waals surface area contributed by atoms with Crippen LogP contribution >= 0.6 is 0 Å². The van der Waals surface area contributed by atoms with Crippen LogP contribution in [0.2, 0.25) is 0 Å². The third-order valence-electron chi connectivity index (χ3n) is 6.93. The van der Waals surface area contributed by atoms with Gasteiger partial charge in [-0.15, -0.1) is 0 Å². The first-order chi connectivity index (χ1) is 22.0. The number of aryl methyl sites for hydroxylation is 2. The number of carbonyl (C=O) groups excluding carboxylic acids is 2. The van der Waals surface area contributed by atoms with Crippen molar-refractivity contribution >= 4 is 24.2 Å². The van der Waals surface area contributed by atoms with Crippen LogP contribution in [-0.2, 0) is 0 Å². The quantitative estimate of drug-likeness (QED) is 0.144. The topological polar surface area (TPSA) is 133 Å². The molecule has 0 unspecified atom stereocenters. The van der Waals surface area contributed by atoms with E-state index in [0.717, 1.165) is 12.8 Å². The first-order valence-electron chi connectivity index (χ1n) is 15.3. The van der Waals surface area contributed by atoms with Crippen LogP contribution in [0.15, 0.2) is 52.7 Å². The summed E-state index contributed by atoms with van der Waals surface area (Å²) in [6.45, 7) is 13.1. The molecule has 3 rings (SSSR count). The van der Waals surface area contributed by atoms with E-state index in [1.165, 1.54) is 18.5 Å². The average molecular weight is 632 g/mol. The zero-order valence-corrected chi connectivity index (χ0v) is 28.0. The molecule has 11 heteroatoms. The van der Waals surface area contributed by atoms with Gasteiger partial charge in [-0.1, -0.05) is 27.7 Å². The number of nitrogens with zero attached hydrogens (tertiary/aromatic N) is 3. The monoisotopic (exact) mass is 631 g/mol. The predicted octanol–water partition coefficient (Wildman–Crippen LogP) is 6.09. The molecular formula is C35H45N5O6. The number of benzene rings is 2. The number of hydrogen-bond acceptors (Lipinski definition) is 9. The van der Waals surface area contributed by atoms with E-state index in [1.54, 1.807) is 52.3 Å². The zero-order chi connectivity index (χ0) is 33.6. The van der Waals surface area contributed by atoms with Crippen molar-refractivity contribution in [2.75, 3.05) is 27.4 Å². The lowest BCUT2D eigenvalue weighted by molar-refractivity contribution is 0.0954. The molecule has 0 aliphatic rings. The van der Waals surface area contributed by atoms with Gasteiger partial charge in [-0.05, 0) is 92.1 Å². The van der Waals surface area contributed by atoms with Crippen molar-refractivity contribution in [2.45, 2.75) is 54.4 Å². The number of hydrogen-bond donors (Lipinski definition) is 2. The van der Waals surface area contributed by atoms with E-state index >= 15 is 0 Å². The number of amides is 2. The molecule has 0 saturated heterocycles. The number of hydrazone groups is 2. The van der Waals surface area contributed by atoms with Crippen molar-refractivity contribution < 1.29 is 28.5 Å². The van der Waals surface area contributed by atoms with Gasteiger partial charge >= 0.3 is 0 Å². The molecule has 0 atom stereocenters. The number of methoxy groups -OCH3 is 2. The molecule has 0 fully saturated rings. The Labute approximate surface area is 271 Å². The highest BCUT2D eigenvalue weighted by atomic mass is 16.5. The number of carbonyl (C=O) groups is 2. The lowest BCUT2D eigenvalue weighted by Crippen LogP contribution is -2.23. The molecule has 1 heterocycles. The Morgan fingerprint density at radius 2 is 1.11 bits per heavy atom. The molecule has 11 nitrogen and oxygen atoms in total. The molecule has 1 aromatic heterocycles. The van der Waals surface area contributed by atoms with Crippen molar-refractivity contribution in [3.05, 3.63) is 76.1 Å². The summed E-state index contributed by atoms with van der Waals surface area (Å²) in [5.74, 6) is 2.46. The fraction of sp³-hybridized carbons (Fsp3) is 0.400. The Hall–Kier alpha value is -4.93. The van der Waals surface area contributed by atoms with Crippen LogP contribution in [0.4, 0.5) is 0 Å². The Balaban J connectivity index is 1.64. The van der Waals surface area contributed by atoms with Crippen LogP contribution in [0.1, 0.15) is 83.8 Å². The van der Waals surface area contributed by atoms with Gasteiger partial charge in [0.05, 0.1) is 62.4 Å². The number of rotatable bonds is 16. The minimum absolute atomic E-state index is 0.209. The molecule has 2 aromatic carbocycles. The van der Waals surface area contributed by atoms with Crippen LogP contribution in [0.3, 0.4) is 0 Å². The number of aromatic nitrogens is 1. The van der Waals surface area contributed by atoms with Crippen LogP contribution < -0.4 is 29.8 Å². The van der Waals surface area contributed by atoms with E-state index in [2.05, 4.69) is 53.7 Å². The van der Waals surface area contributed by atoms with Gasteiger partial charge in [0.15, 0.2) is 23.0 Å². The van der Waals surface area contributed by atoms with Crippen LogP contribution in [0, 0.1) is 25.7 Å². The van der Waals surface area contributed by atoms with Crippen molar-refractivity contribution in [3.63, 3.8) is 0 Å². The third kappa shape index (κ3) is 10.6. The van der Waals surface area contributed by atoms with Gasteiger partial charge in [-0.25, -0.2) is 10.9 Å². The van der Waals surface area contributed by atoms with Crippen molar-refractivity contribution in [3.8, 4) is 23.0 Å². The molecule has 0 aliphatic heterocycles. The third-order valence-corrected chi connectivity index (χ3v) is 6.93. The smallest absolute Gasteiger partial charge is 0.273 e. The first-order valence-corrected chi connectivity index (χ1v) is 15.3. The predicted molar refractivity (Wildman–Crippen MR) is 180 cm³/mol. The van der Waals surface area contributed by atoms with Gasteiger partial charge in [0.25, 0.3) is 11.8 Å². The summed E-state index contributed by atoms with van der Waals surface area (Å²) in [7, 11) is 3.14. The Morgan fingerprint density at radius 1 is 0.696 bits per heavy atom. The second kappa shape index (κ2) is 17.5. The van der Waals surface area contributed by atoms with Gasteiger partial charge in [0.2, 0.25) is 0 Å². The second-order valence-corrected chi connectivity index (χ2v) is 11.5. The maximum atomic E-state index is 13.0. The molecule has 246 valence electrons. The summed E-state index contributed by atoms with van der Waals surface area (Å²) in [5.41, 5.74) is 7.75. The zero-order valence-electron chi connectivity index (χ0n) is 28.0. The van der Waals surface area contributed by atoms with E-state index in [-0.39, 0.29) is 11.1 Å². The van der Waals surface area contributed by atoms with E-state index in [0.29, 0.717) is 70.6 Å². The van der Waals surface area contributed by atoms with Crippen LogP contribution in [0.5, 0.6) is 23.0 Å². The molecule has 0 bridgehead atoms. The summed E-state index contributed by atoms with van der Waals surface area (Å²) in [5, 5.41) is 8.16. The normalized spacial score (nSPS) is 11.3. The number of pyridine rings is 1. The molecule has 46 heavy (non-hydrogen) atoms. The summed E-state index contributed by atoms with van der Waals surface area (Å²) in [6.07, 6.45) is 4.86. The lowest BCUT2D eigenvalue weighted by atomic mass is 10.1. The lowest BCUT2D eigenvalue weighted by Gasteiger charge is -2.12. The molecule has 3 aromatic rings. The van der Waals surface area contributed by atoms with Crippen LogP contribution in [-0.4, -0.2) is 56.7 Å². The standard InChI is InChI=1S/C35H45N5O6/c1-22(2)13-15-45-30-11-9-26(17-32(30)43-7)20-36-39-34(41)28-19-29(25(6)38-24(28)5)35(42)40-37-21-27-10-12-31(33(18-27)44-8)46-16-14-23(3)4/h9-12,17-23H,13-16H2,1-8H3,(H,39,41)(H,40,42)/b36-20+,37-21+. The summed E-state index contributed by atoms with van der Waals surface area (Å²) < 4.78 is 22.6. The van der Waals surface area contributed by atoms with Gasteiger partial charge in [-0.3, -0.25) is 14.6 Å². The van der Waals surface area contributed by atoms with E-state index < -0.39 is 11.8 Å². The summed E-state index contributed by atoms with van der Waals surface area (Å²) in [6, 6.07) is 12.3. The number of nitrogens with one attached hydrogen (secondary N) is 2. The Bertz CT molecular complexity index is 1440. The molecule has 2 amide bonds. The largest absolute Gasteiger partial charge is 0.493 e. The number of ether oxygens (including phenoxy) is 4. The van der Waals surface area contributed by atoms with Crippen molar-refractivity contribution in [1.29, 1.82) is 0 Å². The highest BCUT2D eigenvalue weighted by Crippen LogP contribution is 2.29. The minimum atomic E-state index is -0.512. The first kappa shape index (κ1) is 35.5. The van der Waals surface area contributed by atoms with Gasteiger partial charge in [0, 0.05) is 0 Å². The van der Waals surface area contributed by atoms with E-state index in [1.807, 2.05) is 12.1 Å². The highest BCUT2D eigenvalue weighted by Gasteiger charge is 2.17.